The van der Waals surface area contributed by atoms with Gasteiger partial charge in [0.15, 0.2) is 9.84 Å². The minimum absolute atomic E-state index is 0.186. The first kappa shape index (κ1) is 19.4. The molecule has 2 heterocycles. The molecule has 0 spiro atoms. The summed E-state index contributed by atoms with van der Waals surface area (Å²) < 4.78 is 27.3. The highest BCUT2D eigenvalue weighted by atomic mass is 35.5. The van der Waals surface area contributed by atoms with Gasteiger partial charge in [0.05, 0.1) is 10.5 Å². The van der Waals surface area contributed by atoms with E-state index in [0.717, 1.165) is 16.7 Å². The molecule has 2 unspecified atom stereocenters. The fourth-order valence-electron chi connectivity index (χ4n) is 4.00. The monoisotopic (exact) mass is 431 g/mol. The summed E-state index contributed by atoms with van der Waals surface area (Å²) in [6.07, 6.45) is 0.753. The Kier molecular flexibility index (Phi) is 5.21. The first-order chi connectivity index (χ1) is 13.4. The fourth-order valence-corrected chi connectivity index (χ4v) is 7.05. The van der Waals surface area contributed by atoms with Crippen LogP contribution in [0.5, 0.6) is 0 Å². The van der Waals surface area contributed by atoms with E-state index in [2.05, 4.69) is 4.98 Å². The SMILES string of the molecule is Cc1c(Cl)nc(Cl)c2c1C(Cc1ccccc1)S(=O)(=O)C2Cc1ccccc1. The van der Waals surface area contributed by atoms with Gasteiger partial charge in [-0.05, 0) is 42.0 Å². The zero-order chi connectivity index (χ0) is 19.9. The molecule has 2 atom stereocenters. The van der Waals surface area contributed by atoms with Crippen molar-refractivity contribution in [1.29, 1.82) is 0 Å². The molecular weight excluding hydrogens is 413 g/mol. The second-order valence-corrected chi connectivity index (χ2v) is 10.1. The Bertz CT molecular complexity index is 1120. The van der Waals surface area contributed by atoms with Gasteiger partial charge in [-0.1, -0.05) is 83.9 Å². The number of hydrogen-bond acceptors (Lipinski definition) is 3. The second kappa shape index (κ2) is 7.51. The molecule has 1 aliphatic heterocycles. The van der Waals surface area contributed by atoms with Crippen LogP contribution in [0.1, 0.15) is 38.3 Å². The average molecular weight is 432 g/mol. The summed E-state index contributed by atoms with van der Waals surface area (Å²) in [7, 11) is -3.53. The molecular formula is C22H19Cl2NO2S. The van der Waals surface area contributed by atoms with Crippen molar-refractivity contribution < 1.29 is 8.42 Å². The summed E-state index contributed by atoms with van der Waals surface area (Å²) in [6, 6.07) is 19.2. The van der Waals surface area contributed by atoms with Crippen LogP contribution in [0.15, 0.2) is 60.7 Å². The van der Waals surface area contributed by atoms with Crippen molar-refractivity contribution in [2.45, 2.75) is 30.3 Å². The van der Waals surface area contributed by atoms with Gasteiger partial charge in [-0.2, -0.15) is 0 Å². The number of benzene rings is 2. The van der Waals surface area contributed by atoms with Gasteiger partial charge in [0, 0.05) is 5.56 Å². The van der Waals surface area contributed by atoms with E-state index in [9.17, 15) is 8.42 Å². The van der Waals surface area contributed by atoms with Crippen LogP contribution in [0.25, 0.3) is 0 Å². The van der Waals surface area contributed by atoms with Crippen molar-refractivity contribution in [2.75, 3.05) is 0 Å². The van der Waals surface area contributed by atoms with Crippen molar-refractivity contribution in [3.8, 4) is 0 Å². The number of sulfone groups is 1. The number of nitrogens with zero attached hydrogens (tertiary/aromatic N) is 1. The zero-order valence-corrected chi connectivity index (χ0v) is 17.6. The molecule has 0 aliphatic carbocycles. The molecule has 0 amide bonds. The zero-order valence-electron chi connectivity index (χ0n) is 15.3. The topological polar surface area (TPSA) is 47.0 Å². The molecule has 0 fully saturated rings. The van der Waals surface area contributed by atoms with E-state index in [1.165, 1.54) is 0 Å². The lowest BCUT2D eigenvalue weighted by Gasteiger charge is -2.15. The Hall–Kier alpha value is -1.88. The number of pyridine rings is 1. The molecule has 0 saturated heterocycles. The van der Waals surface area contributed by atoms with E-state index < -0.39 is 20.3 Å². The molecule has 28 heavy (non-hydrogen) atoms. The first-order valence-electron chi connectivity index (χ1n) is 9.05. The van der Waals surface area contributed by atoms with Gasteiger partial charge in [0.2, 0.25) is 0 Å². The minimum atomic E-state index is -3.53. The normalized spacial score (nSPS) is 20.1. The molecule has 144 valence electrons. The van der Waals surface area contributed by atoms with Crippen LogP contribution in [-0.2, 0) is 22.7 Å². The van der Waals surface area contributed by atoms with E-state index in [1.54, 1.807) is 0 Å². The second-order valence-electron chi connectivity index (χ2n) is 7.09. The summed E-state index contributed by atoms with van der Waals surface area (Å²) in [5, 5.41) is -0.964. The van der Waals surface area contributed by atoms with E-state index in [1.807, 2.05) is 67.6 Å². The summed E-state index contributed by atoms with van der Waals surface area (Å²) in [6.45, 7) is 1.82. The number of aromatic nitrogens is 1. The van der Waals surface area contributed by atoms with E-state index in [-0.39, 0.29) is 10.3 Å². The Morgan fingerprint density at radius 3 is 1.75 bits per heavy atom. The predicted molar refractivity (Wildman–Crippen MR) is 114 cm³/mol. The summed E-state index contributed by atoms with van der Waals surface area (Å²) in [5.41, 5.74) is 3.93. The first-order valence-corrected chi connectivity index (χ1v) is 11.4. The van der Waals surface area contributed by atoms with Gasteiger partial charge in [-0.3, -0.25) is 0 Å². The van der Waals surface area contributed by atoms with Crippen LogP contribution in [0, 0.1) is 6.92 Å². The van der Waals surface area contributed by atoms with Crippen LogP contribution in [0.3, 0.4) is 0 Å². The van der Waals surface area contributed by atoms with Crippen molar-refractivity contribution in [3.05, 3.63) is 98.8 Å². The quantitative estimate of drug-likeness (QED) is 0.498. The molecule has 0 saturated carbocycles. The van der Waals surface area contributed by atoms with Crippen molar-refractivity contribution >= 4 is 33.0 Å². The van der Waals surface area contributed by atoms with Crippen LogP contribution >= 0.6 is 23.2 Å². The maximum Gasteiger partial charge on any atom is 0.165 e. The number of rotatable bonds is 4. The smallest absolute Gasteiger partial charge is 0.165 e. The van der Waals surface area contributed by atoms with Gasteiger partial charge >= 0.3 is 0 Å². The lowest BCUT2D eigenvalue weighted by Crippen LogP contribution is -2.16. The van der Waals surface area contributed by atoms with Gasteiger partial charge in [-0.25, -0.2) is 13.4 Å². The third-order valence-corrected chi connectivity index (χ3v) is 8.43. The maximum atomic E-state index is 13.6. The minimum Gasteiger partial charge on any atom is -0.228 e. The van der Waals surface area contributed by atoms with Crippen LogP contribution < -0.4 is 0 Å². The summed E-state index contributed by atoms with van der Waals surface area (Å²) >= 11 is 12.7. The third kappa shape index (κ3) is 3.34. The highest BCUT2D eigenvalue weighted by Gasteiger charge is 2.48. The largest absolute Gasteiger partial charge is 0.228 e. The van der Waals surface area contributed by atoms with Crippen molar-refractivity contribution in [2.24, 2.45) is 0 Å². The highest BCUT2D eigenvalue weighted by molar-refractivity contribution is 7.92. The molecule has 3 aromatic rings. The summed E-state index contributed by atoms with van der Waals surface area (Å²) in [4.78, 5) is 4.21. The van der Waals surface area contributed by atoms with E-state index in [4.69, 9.17) is 23.2 Å². The highest BCUT2D eigenvalue weighted by Crippen LogP contribution is 2.52. The molecule has 2 aromatic carbocycles. The van der Waals surface area contributed by atoms with Crippen LogP contribution in [-0.4, -0.2) is 13.4 Å². The van der Waals surface area contributed by atoms with Gasteiger partial charge in [0.1, 0.15) is 10.3 Å². The van der Waals surface area contributed by atoms with Crippen molar-refractivity contribution in [1.82, 2.24) is 4.98 Å². The van der Waals surface area contributed by atoms with Gasteiger partial charge in [0.25, 0.3) is 0 Å². The molecule has 1 aliphatic rings. The molecule has 4 rings (SSSR count). The third-order valence-electron chi connectivity index (χ3n) is 5.39. The molecule has 0 radical (unpaired) electrons. The van der Waals surface area contributed by atoms with Crippen LogP contribution in [0.2, 0.25) is 10.3 Å². The van der Waals surface area contributed by atoms with Crippen molar-refractivity contribution in [3.63, 3.8) is 0 Å². The van der Waals surface area contributed by atoms with E-state index >= 15 is 0 Å². The van der Waals surface area contributed by atoms with Gasteiger partial charge < -0.3 is 0 Å². The molecule has 0 bridgehead atoms. The molecule has 1 aromatic heterocycles. The average Bonchev–Trinajstić information content (AvgIpc) is 2.90. The van der Waals surface area contributed by atoms with Crippen LogP contribution in [0.4, 0.5) is 0 Å². The fraction of sp³-hybridized carbons (Fsp3) is 0.227. The van der Waals surface area contributed by atoms with E-state index in [0.29, 0.717) is 24.0 Å². The molecule has 6 heteroatoms. The predicted octanol–water partition coefficient (Wildman–Crippen LogP) is 5.69. The Labute approximate surface area is 175 Å². The molecule has 3 nitrogen and oxygen atoms in total. The molecule has 0 N–H and O–H groups in total. The Morgan fingerprint density at radius 1 is 0.786 bits per heavy atom. The summed E-state index contributed by atoms with van der Waals surface area (Å²) in [5.74, 6) is 0. The van der Waals surface area contributed by atoms with Gasteiger partial charge in [-0.15, -0.1) is 0 Å². The number of fused-ring (bicyclic) bond motifs is 1. The standard InChI is InChI=1S/C22H19Cl2NO2S/c1-14-19-17(12-15-8-4-2-5-9-15)28(26,27)18(13-16-10-6-3-7-11-16)20(19)22(24)25-21(14)23/h2-11,17-18H,12-13H2,1H3. The maximum absolute atomic E-state index is 13.6. The Morgan fingerprint density at radius 2 is 1.25 bits per heavy atom. The number of halogens is 2. The Balaban J connectivity index is 1.87. The lowest BCUT2D eigenvalue weighted by molar-refractivity contribution is 0.574. The lowest BCUT2D eigenvalue weighted by atomic mass is 9.94. The number of hydrogen-bond donors (Lipinski definition) is 0.